The van der Waals surface area contributed by atoms with Gasteiger partial charge in [-0.2, -0.15) is 0 Å². The van der Waals surface area contributed by atoms with Crippen LogP contribution in [0.5, 0.6) is 0 Å². The molecule has 134 valence electrons. The summed E-state index contributed by atoms with van der Waals surface area (Å²) in [4.78, 5) is 11.8. The van der Waals surface area contributed by atoms with Gasteiger partial charge in [0.15, 0.2) is 0 Å². The monoisotopic (exact) mass is 384 g/mol. The molecule has 1 amide bonds. The van der Waals surface area contributed by atoms with Gasteiger partial charge in [-0.05, 0) is 55.3 Å². The molecule has 25 heavy (non-hydrogen) atoms. The molecule has 0 spiro atoms. The number of nitrogens with one attached hydrogen (secondary N) is 2. The van der Waals surface area contributed by atoms with Crippen LogP contribution in [0.3, 0.4) is 0 Å². The second-order valence-corrected chi connectivity index (χ2v) is 7.64. The van der Waals surface area contributed by atoms with Crippen molar-refractivity contribution in [2.75, 3.05) is 11.9 Å². The Morgan fingerprint density at radius 1 is 1.16 bits per heavy atom. The molecule has 0 saturated heterocycles. The van der Waals surface area contributed by atoms with Gasteiger partial charge in [0.25, 0.3) is 0 Å². The van der Waals surface area contributed by atoms with Crippen LogP contribution in [0.25, 0.3) is 0 Å². The van der Waals surface area contributed by atoms with Gasteiger partial charge < -0.3 is 5.32 Å². The van der Waals surface area contributed by atoms with Crippen molar-refractivity contribution in [2.24, 2.45) is 0 Å². The van der Waals surface area contributed by atoms with Gasteiger partial charge in [0.1, 0.15) is 5.82 Å². The van der Waals surface area contributed by atoms with Gasteiger partial charge in [0.05, 0.1) is 4.90 Å². The van der Waals surface area contributed by atoms with Gasteiger partial charge >= 0.3 is 0 Å². The standard InChI is InChI=1S/C17H18ClFN2O3S/c1-12-4-7-14(11-16(12)18)21-17(22)3-2-10-20-25(23,24)15-8-5-13(19)6-9-15/h4-9,11,20H,2-3,10H2,1H3,(H,21,22). The number of halogens is 2. The maximum Gasteiger partial charge on any atom is 0.240 e. The Hall–Kier alpha value is -1.96. The van der Waals surface area contributed by atoms with Crippen molar-refractivity contribution < 1.29 is 17.6 Å². The molecule has 0 aromatic heterocycles. The fourth-order valence-electron chi connectivity index (χ4n) is 2.05. The van der Waals surface area contributed by atoms with E-state index in [-0.39, 0.29) is 23.8 Å². The van der Waals surface area contributed by atoms with Gasteiger partial charge in [-0.3, -0.25) is 4.79 Å². The van der Waals surface area contributed by atoms with E-state index in [4.69, 9.17) is 11.6 Å². The number of sulfonamides is 1. The van der Waals surface area contributed by atoms with Crippen LogP contribution in [-0.4, -0.2) is 20.9 Å². The van der Waals surface area contributed by atoms with Crippen molar-refractivity contribution in [3.05, 3.63) is 58.9 Å². The van der Waals surface area contributed by atoms with Crippen molar-refractivity contribution >= 4 is 33.2 Å². The van der Waals surface area contributed by atoms with Crippen molar-refractivity contribution in [2.45, 2.75) is 24.7 Å². The van der Waals surface area contributed by atoms with Crippen LogP contribution in [0.4, 0.5) is 10.1 Å². The number of carbonyl (C=O) groups excluding carboxylic acids is 1. The van der Waals surface area contributed by atoms with Crippen LogP contribution >= 0.6 is 11.6 Å². The van der Waals surface area contributed by atoms with Crippen LogP contribution < -0.4 is 10.0 Å². The minimum atomic E-state index is -3.71. The summed E-state index contributed by atoms with van der Waals surface area (Å²) in [7, 11) is -3.71. The van der Waals surface area contributed by atoms with Gasteiger partial charge in [0, 0.05) is 23.7 Å². The number of amides is 1. The third kappa shape index (κ3) is 5.81. The van der Waals surface area contributed by atoms with Gasteiger partial charge in [0.2, 0.25) is 15.9 Å². The van der Waals surface area contributed by atoms with E-state index in [0.717, 1.165) is 17.7 Å². The summed E-state index contributed by atoms with van der Waals surface area (Å²) in [6.07, 6.45) is 0.475. The lowest BCUT2D eigenvalue weighted by Crippen LogP contribution is -2.25. The quantitative estimate of drug-likeness (QED) is 0.717. The topological polar surface area (TPSA) is 75.3 Å². The predicted molar refractivity (Wildman–Crippen MR) is 95.6 cm³/mol. The first kappa shape index (κ1) is 19.4. The molecule has 0 aliphatic rings. The van der Waals surface area contributed by atoms with Crippen molar-refractivity contribution in [3.63, 3.8) is 0 Å². The van der Waals surface area contributed by atoms with E-state index < -0.39 is 15.8 Å². The van der Waals surface area contributed by atoms with Crippen LogP contribution in [-0.2, 0) is 14.8 Å². The molecule has 2 aromatic carbocycles. The summed E-state index contributed by atoms with van der Waals surface area (Å²) in [6, 6.07) is 9.73. The van der Waals surface area contributed by atoms with E-state index in [1.165, 1.54) is 12.1 Å². The highest BCUT2D eigenvalue weighted by Gasteiger charge is 2.13. The second-order valence-electron chi connectivity index (χ2n) is 5.47. The highest BCUT2D eigenvalue weighted by atomic mass is 35.5. The van der Waals surface area contributed by atoms with Crippen LogP contribution in [0.2, 0.25) is 5.02 Å². The smallest absolute Gasteiger partial charge is 0.240 e. The summed E-state index contributed by atoms with van der Waals surface area (Å²) in [5.74, 6) is -0.743. The lowest BCUT2D eigenvalue weighted by Gasteiger charge is -2.08. The second kappa shape index (κ2) is 8.42. The molecule has 0 bridgehead atoms. The first-order chi connectivity index (χ1) is 11.8. The average Bonchev–Trinajstić information content (AvgIpc) is 2.55. The lowest BCUT2D eigenvalue weighted by molar-refractivity contribution is -0.116. The normalized spacial score (nSPS) is 11.3. The zero-order chi connectivity index (χ0) is 18.4. The molecule has 0 radical (unpaired) electrons. The van der Waals surface area contributed by atoms with Crippen LogP contribution in [0.1, 0.15) is 18.4 Å². The average molecular weight is 385 g/mol. The van der Waals surface area contributed by atoms with Crippen LogP contribution in [0, 0.1) is 12.7 Å². The van der Waals surface area contributed by atoms with Crippen molar-refractivity contribution in [1.29, 1.82) is 0 Å². The third-order valence-corrected chi connectivity index (χ3v) is 5.34. The molecule has 5 nitrogen and oxygen atoms in total. The van der Waals surface area contributed by atoms with E-state index >= 15 is 0 Å². The molecule has 0 unspecified atom stereocenters. The Balaban J connectivity index is 1.79. The zero-order valence-electron chi connectivity index (χ0n) is 13.6. The van der Waals surface area contributed by atoms with E-state index in [1.807, 2.05) is 6.92 Å². The Kier molecular flexibility index (Phi) is 6.52. The van der Waals surface area contributed by atoms with E-state index in [2.05, 4.69) is 10.0 Å². The summed E-state index contributed by atoms with van der Waals surface area (Å²) >= 11 is 5.99. The molecule has 2 aromatic rings. The van der Waals surface area contributed by atoms with Crippen molar-refractivity contribution in [3.8, 4) is 0 Å². The highest BCUT2D eigenvalue weighted by Crippen LogP contribution is 2.20. The number of benzene rings is 2. The minimum absolute atomic E-state index is 0.0207. The Morgan fingerprint density at radius 3 is 2.48 bits per heavy atom. The molecule has 2 N–H and O–H groups in total. The van der Waals surface area contributed by atoms with E-state index in [0.29, 0.717) is 17.1 Å². The van der Waals surface area contributed by atoms with Gasteiger partial charge in [-0.1, -0.05) is 17.7 Å². The number of rotatable bonds is 7. The third-order valence-electron chi connectivity index (χ3n) is 3.45. The maximum atomic E-state index is 12.8. The highest BCUT2D eigenvalue weighted by molar-refractivity contribution is 7.89. The fourth-order valence-corrected chi connectivity index (χ4v) is 3.30. The minimum Gasteiger partial charge on any atom is -0.326 e. The van der Waals surface area contributed by atoms with Crippen LogP contribution in [0.15, 0.2) is 47.4 Å². The molecule has 0 heterocycles. The summed E-state index contributed by atoms with van der Waals surface area (Å²) in [6.45, 7) is 1.96. The van der Waals surface area contributed by atoms with E-state index in [9.17, 15) is 17.6 Å². The predicted octanol–water partition coefficient (Wildman–Crippen LogP) is 3.48. The number of anilines is 1. The molecule has 0 aliphatic carbocycles. The number of aryl methyl sites for hydroxylation is 1. The summed E-state index contributed by atoms with van der Waals surface area (Å²) in [5, 5.41) is 3.26. The molecule has 0 aliphatic heterocycles. The summed E-state index contributed by atoms with van der Waals surface area (Å²) < 4.78 is 39.2. The molecular formula is C17H18ClFN2O3S. The largest absolute Gasteiger partial charge is 0.326 e. The number of hydrogen-bond acceptors (Lipinski definition) is 3. The van der Waals surface area contributed by atoms with Crippen molar-refractivity contribution in [1.82, 2.24) is 4.72 Å². The molecular weight excluding hydrogens is 367 g/mol. The first-order valence-corrected chi connectivity index (χ1v) is 9.45. The lowest BCUT2D eigenvalue weighted by atomic mass is 10.2. The zero-order valence-corrected chi connectivity index (χ0v) is 15.1. The summed E-state index contributed by atoms with van der Waals surface area (Å²) in [5.41, 5.74) is 1.50. The van der Waals surface area contributed by atoms with Gasteiger partial charge in [-0.25, -0.2) is 17.5 Å². The molecule has 0 saturated carbocycles. The van der Waals surface area contributed by atoms with E-state index in [1.54, 1.807) is 18.2 Å². The SMILES string of the molecule is Cc1ccc(NC(=O)CCCNS(=O)(=O)c2ccc(F)cc2)cc1Cl. The Labute approximate surface area is 151 Å². The number of hydrogen-bond donors (Lipinski definition) is 2. The van der Waals surface area contributed by atoms with Gasteiger partial charge in [-0.15, -0.1) is 0 Å². The molecule has 8 heteroatoms. The molecule has 0 fully saturated rings. The molecule has 0 atom stereocenters. The fraction of sp³-hybridized carbons (Fsp3) is 0.235. The Bertz CT molecular complexity index is 855. The maximum absolute atomic E-state index is 12.8. The first-order valence-electron chi connectivity index (χ1n) is 7.59. The Morgan fingerprint density at radius 2 is 1.84 bits per heavy atom. The number of carbonyl (C=O) groups is 1. The molecule has 2 rings (SSSR count).